The van der Waals surface area contributed by atoms with Crippen LogP contribution in [-0.4, -0.2) is 27.2 Å². The standard InChI is InChI=1S/C52H44O12/c1-25-33-13-37-27(3)39-15-35-26(2)36-16-40-28(4)38-14-34(25)46-42-18-54-30-8-5-7-29(11-30)53-17-41(45(33)57-21-58-46)49(37)61-23-63-51(39)43-19-55-31-9-6-10-32(12-31)56-20-44(48(36)60-22-59-47(35)43)52(40)64-24-62-50(38)42/h5-16,25-28H,17-24H2,1-4H3. The summed E-state index contributed by atoms with van der Waals surface area (Å²) in [6.07, 6.45) is 0. The predicted molar refractivity (Wildman–Crippen MR) is 231 cm³/mol. The lowest BCUT2D eigenvalue weighted by Crippen LogP contribution is -2.25. The molecule has 12 heteroatoms. The van der Waals surface area contributed by atoms with Crippen LogP contribution >= 0.6 is 0 Å². The molecule has 14 rings (SSSR count). The zero-order chi connectivity index (χ0) is 42.8. The molecule has 0 saturated heterocycles. The smallest absolute Gasteiger partial charge is 0.230 e. The summed E-state index contributed by atoms with van der Waals surface area (Å²) in [6, 6.07) is 24.3. The van der Waals surface area contributed by atoms with E-state index in [1.54, 1.807) is 0 Å². The maximum absolute atomic E-state index is 6.77. The number of ether oxygens (including phenoxy) is 12. The summed E-state index contributed by atoms with van der Waals surface area (Å²) in [5.41, 5.74) is 10.8. The average Bonchev–Trinajstić information content (AvgIpc) is 3.29. The quantitative estimate of drug-likeness (QED) is 0.145. The molecule has 12 nitrogen and oxygen atoms in total. The van der Waals surface area contributed by atoms with Crippen molar-refractivity contribution in [1.82, 2.24) is 0 Å². The lowest BCUT2D eigenvalue weighted by atomic mass is 9.78. The summed E-state index contributed by atoms with van der Waals surface area (Å²) < 4.78 is 80.4. The van der Waals surface area contributed by atoms with E-state index in [1.165, 1.54) is 0 Å². The van der Waals surface area contributed by atoms with Crippen LogP contribution in [0.3, 0.4) is 0 Å². The highest BCUT2D eigenvalue weighted by Crippen LogP contribution is 2.57. The normalized spacial score (nSPS) is 21.2. The second-order valence-electron chi connectivity index (χ2n) is 17.4. The Morgan fingerprint density at radius 2 is 0.484 bits per heavy atom. The van der Waals surface area contributed by atoms with Crippen molar-refractivity contribution in [1.29, 1.82) is 0 Å². The van der Waals surface area contributed by atoms with Gasteiger partial charge in [-0.3, -0.25) is 0 Å². The topological polar surface area (TPSA) is 111 Å². The third-order valence-corrected chi connectivity index (χ3v) is 14.0. The summed E-state index contributed by atoms with van der Waals surface area (Å²) in [7, 11) is 0. The second kappa shape index (κ2) is 14.2. The zero-order valence-electron chi connectivity index (χ0n) is 35.8. The van der Waals surface area contributed by atoms with Crippen LogP contribution in [0.25, 0.3) is 0 Å². The third kappa shape index (κ3) is 5.60. The van der Waals surface area contributed by atoms with Gasteiger partial charge < -0.3 is 56.8 Å². The maximum atomic E-state index is 6.77. The minimum absolute atomic E-state index is 0.0791. The van der Waals surface area contributed by atoms with Crippen molar-refractivity contribution in [2.45, 2.75) is 77.8 Å². The molecular weight excluding hydrogens is 817 g/mol. The molecule has 6 aromatic carbocycles. The highest BCUT2D eigenvalue weighted by molar-refractivity contribution is 5.69. The number of rotatable bonds is 0. The van der Waals surface area contributed by atoms with Crippen LogP contribution in [-0.2, 0) is 26.4 Å². The molecule has 0 spiro atoms. The fourth-order valence-corrected chi connectivity index (χ4v) is 10.7. The van der Waals surface area contributed by atoms with Crippen LogP contribution in [0.5, 0.6) is 69.0 Å². The second-order valence-corrected chi connectivity index (χ2v) is 17.4. The van der Waals surface area contributed by atoms with E-state index in [9.17, 15) is 0 Å². The monoisotopic (exact) mass is 860 g/mol. The van der Waals surface area contributed by atoms with Crippen molar-refractivity contribution in [3.63, 3.8) is 0 Å². The fourth-order valence-electron chi connectivity index (χ4n) is 10.7. The minimum Gasteiger partial charge on any atom is -0.488 e. The molecule has 0 fully saturated rings. The molecule has 0 N–H and O–H groups in total. The molecule has 0 unspecified atom stereocenters. The van der Waals surface area contributed by atoms with Gasteiger partial charge in [0.15, 0.2) is 0 Å². The van der Waals surface area contributed by atoms with Gasteiger partial charge in [-0.25, -0.2) is 0 Å². The first-order chi connectivity index (χ1) is 31.4. The molecule has 6 aromatic rings. The van der Waals surface area contributed by atoms with Gasteiger partial charge in [0.05, 0.1) is 22.3 Å². The van der Waals surface area contributed by atoms with Gasteiger partial charge in [0.1, 0.15) is 95.4 Å². The molecule has 0 aromatic heterocycles. The van der Waals surface area contributed by atoms with Gasteiger partial charge in [-0.15, -0.1) is 0 Å². The van der Waals surface area contributed by atoms with Crippen LogP contribution < -0.4 is 56.8 Å². The van der Waals surface area contributed by atoms with Crippen molar-refractivity contribution in [2.75, 3.05) is 27.2 Å². The molecule has 0 aliphatic carbocycles. The molecule has 64 heavy (non-hydrogen) atoms. The van der Waals surface area contributed by atoms with Crippen LogP contribution in [0.2, 0.25) is 0 Å². The van der Waals surface area contributed by atoms with Crippen molar-refractivity contribution in [2.24, 2.45) is 0 Å². The number of hydrogen-bond acceptors (Lipinski definition) is 12. The first-order valence-electron chi connectivity index (χ1n) is 21.9. The Labute approximate surface area is 369 Å². The largest absolute Gasteiger partial charge is 0.488 e. The van der Waals surface area contributed by atoms with E-state index in [2.05, 4.69) is 52.0 Å². The van der Waals surface area contributed by atoms with Gasteiger partial charge >= 0.3 is 0 Å². The first-order valence-corrected chi connectivity index (χ1v) is 21.9. The van der Waals surface area contributed by atoms with E-state index in [1.807, 2.05) is 48.5 Å². The lowest BCUT2D eigenvalue weighted by Gasteiger charge is -2.36. The Morgan fingerprint density at radius 1 is 0.281 bits per heavy atom. The average molecular weight is 861 g/mol. The molecule has 8 aliphatic rings. The van der Waals surface area contributed by atoms with Gasteiger partial charge in [0.2, 0.25) is 27.2 Å². The van der Waals surface area contributed by atoms with Crippen molar-refractivity contribution in [3.05, 3.63) is 140 Å². The molecular formula is C52H44O12. The van der Waals surface area contributed by atoms with Crippen LogP contribution in [0.15, 0.2) is 72.8 Å². The SMILES string of the molecule is CC1c2cc3c4c5c2OCOc2c1cc1c(c2COc2cccc(c2)OC5)OCOc2c(cc5c6c2COc2cccc(c2)OCc2c(c(cc(c2OCO4)C3C)C5C)OCO6)C1C. The van der Waals surface area contributed by atoms with Crippen molar-refractivity contribution in [3.8, 4) is 69.0 Å². The number of hydrogen-bond donors (Lipinski definition) is 0. The molecule has 8 aliphatic heterocycles. The zero-order valence-corrected chi connectivity index (χ0v) is 35.8. The van der Waals surface area contributed by atoms with Crippen LogP contribution in [0.4, 0.5) is 0 Å². The maximum Gasteiger partial charge on any atom is 0.230 e. The van der Waals surface area contributed by atoms with Gasteiger partial charge in [-0.2, -0.15) is 0 Å². The van der Waals surface area contributed by atoms with E-state index in [-0.39, 0.29) is 77.3 Å². The van der Waals surface area contributed by atoms with Gasteiger partial charge in [-0.1, -0.05) is 39.8 Å². The summed E-state index contributed by atoms with van der Waals surface area (Å²) >= 11 is 0. The minimum atomic E-state index is -0.256. The lowest BCUT2D eigenvalue weighted by molar-refractivity contribution is 0.0898. The van der Waals surface area contributed by atoms with E-state index in [4.69, 9.17) is 56.8 Å². The fraction of sp³-hybridized carbons (Fsp3) is 0.308. The van der Waals surface area contributed by atoms with Gasteiger partial charge in [-0.05, 0) is 48.5 Å². The van der Waals surface area contributed by atoms with Gasteiger partial charge in [0, 0.05) is 80.3 Å². The third-order valence-electron chi connectivity index (χ3n) is 14.0. The Hall–Kier alpha value is -7.08. The molecule has 8 heterocycles. The highest BCUT2D eigenvalue weighted by atomic mass is 16.7. The summed E-state index contributed by atoms with van der Waals surface area (Å²) in [6.45, 7) is 9.03. The Morgan fingerprint density at radius 3 is 0.688 bits per heavy atom. The highest BCUT2D eigenvalue weighted by Gasteiger charge is 2.40. The summed E-state index contributed by atoms with van der Waals surface area (Å²) in [5, 5.41) is 0. The van der Waals surface area contributed by atoms with E-state index in [0.29, 0.717) is 69.0 Å². The Balaban J connectivity index is 1.19. The molecule has 0 saturated carbocycles. The molecule has 324 valence electrons. The van der Waals surface area contributed by atoms with Crippen molar-refractivity contribution >= 4 is 0 Å². The van der Waals surface area contributed by atoms with Crippen LogP contribution in [0.1, 0.15) is 118 Å². The van der Waals surface area contributed by atoms with E-state index < -0.39 is 0 Å². The predicted octanol–water partition coefficient (Wildman–Crippen LogP) is 10.5. The van der Waals surface area contributed by atoms with E-state index in [0.717, 1.165) is 66.8 Å². The summed E-state index contributed by atoms with van der Waals surface area (Å²) in [4.78, 5) is 0. The number of fused-ring (bicyclic) bond motifs is 12. The molecule has 0 radical (unpaired) electrons. The molecule has 0 amide bonds. The summed E-state index contributed by atoms with van der Waals surface area (Å²) in [5.74, 6) is 6.72. The number of benzene rings is 6. The van der Waals surface area contributed by atoms with Crippen molar-refractivity contribution < 1.29 is 56.8 Å². The molecule has 0 atom stereocenters. The first kappa shape index (κ1) is 37.5. The van der Waals surface area contributed by atoms with Gasteiger partial charge in [0.25, 0.3) is 0 Å². The Bertz CT molecular complexity index is 2580. The Kier molecular flexibility index (Phi) is 8.32. The molecule has 16 bridgehead atoms. The van der Waals surface area contributed by atoms with E-state index >= 15 is 0 Å². The van der Waals surface area contributed by atoms with Crippen LogP contribution in [0, 0.1) is 0 Å².